The lowest BCUT2D eigenvalue weighted by Crippen LogP contribution is -2.22. The molecule has 3 N–H and O–H groups in total. The second-order valence-electron chi connectivity index (χ2n) is 2.29. The van der Waals surface area contributed by atoms with Crippen molar-refractivity contribution in [2.75, 3.05) is 7.11 Å². The Morgan fingerprint density at radius 1 is 1.46 bits per heavy atom. The molecule has 13 heavy (non-hydrogen) atoms. The third-order valence-corrected chi connectivity index (χ3v) is 1.32. The first-order valence-electron chi connectivity index (χ1n) is 3.31. The lowest BCUT2D eigenvalue weighted by atomic mass is 10.4. The van der Waals surface area contributed by atoms with Gasteiger partial charge < -0.3 is 24.5 Å². The molecule has 6 heteroatoms. The van der Waals surface area contributed by atoms with Crippen LogP contribution in [-0.4, -0.2) is 28.4 Å². The number of aliphatic hydroxyl groups is 3. The molecule has 1 rings (SSSR count). The van der Waals surface area contributed by atoms with Crippen molar-refractivity contribution in [1.29, 1.82) is 0 Å². The van der Waals surface area contributed by atoms with Gasteiger partial charge in [-0.1, -0.05) is 0 Å². The Morgan fingerprint density at radius 3 is 2.46 bits per heavy atom. The molecular weight excluding hydrogens is 180 g/mol. The second-order valence-corrected chi connectivity index (χ2v) is 2.29. The summed E-state index contributed by atoms with van der Waals surface area (Å²) in [6.07, 6.45) is 0. The van der Waals surface area contributed by atoms with Crippen LogP contribution in [0.25, 0.3) is 0 Å². The second kappa shape index (κ2) is 3.17. The van der Waals surface area contributed by atoms with Gasteiger partial charge in [0.25, 0.3) is 0 Å². The number of furan rings is 1. The summed E-state index contributed by atoms with van der Waals surface area (Å²) in [5.74, 6) is -4.62. The zero-order valence-corrected chi connectivity index (χ0v) is 6.72. The van der Waals surface area contributed by atoms with Gasteiger partial charge in [-0.2, -0.15) is 0 Å². The van der Waals surface area contributed by atoms with Gasteiger partial charge in [0.1, 0.15) is 0 Å². The molecule has 1 aromatic heterocycles. The highest BCUT2D eigenvalue weighted by Gasteiger charge is 2.27. The Bertz CT molecular complexity index is 307. The highest BCUT2D eigenvalue weighted by Crippen LogP contribution is 2.18. The van der Waals surface area contributed by atoms with Crippen molar-refractivity contribution < 1.29 is 29.3 Å². The van der Waals surface area contributed by atoms with Crippen LogP contribution in [0.1, 0.15) is 16.3 Å². The Kier molecular flexibility index (Phi) is 2.37. The van der Waals surface area contributed by atoms with Crippen LogP contribution < -0.4 is 0 Å². The molecule has 0 fully saturated rings. The molecule has 0 spiro atoms. The maximum atomic E-state index is 10.8. The van der Waals surface area contributed by atoms with Gasteiger partial charge in [0.15, 0.2) is 5.76 Å². The molecule has 72 valence electrons. The van der Waals surface area contributed by atoms with Crippen LogP contribution in [0.4, 0.5) is 0 Å². The van der Waals surface area contributed by atoms with Gasteiger partial charge in [-0.15, -0.1) is 0 Å². The molecule has 6 nitrogen and oxygen atoms in total. The lowest BCUT2D eigenvalue weighted by molar-refractivity contribution is -0.333. The van der Waals surface area contributed by atoms with E-state index in [1.807, 2.05) is 0 Å². The lowest BCUT2D eigenvalue weighted by Gasteiger charge is -2.09. The topological polar surface area (TPSA) is 100 Å². The van der Waals surface area contributed by atoms with E-state index in [0.29, 0.717) is 0 Å². The van der Waals surface area contributed by atoms with E-state index in [4.69, 9.17) is 15.3 Å². The third-order valence-electron chi connectivity index (χ3n) is 1.32. The van der Waals surface area contributed by atoms with Gasteiger partial charge in [-0.25, -0.2) is 4.79 Å². The number of hydrogen-bond acceptors (Lipinski definition) is 6. The maximum Gasteiger partial charge on any atom is 0.373 e. The summed E-state index contributed by atoms with van der Waals surface area (Å²) in [5, 5.41) is 25.9. The first kappa shape index (κ1) is 9.72. The number of rotatable bonds is 2. The molecule has 0 aromatic carbocycles. The average molecular weight is 188 g/mol. The molecule has 0 atom stereocenters. The molecule has 1 heterocycles. The van der Waals surface area contributed by atoms with E-state index >= 15 is 0 Å². The zero-order chi connectivity index (χ0) is 10.1. The van der Waals surface area contributed by atoms with Crippen molar-refractivity contribution in [3.05, 3.63) is 23.7 Å². The highest BCUT2D eigenvalue weighted by atomic mass is 16.7. The van der Waals surface area contributed by atoms with Gasteiger partial charge in [-0.05, 0) is 12.1 Å². The van der Waals surface area contributed by atoms with E-state index in [-0.39, 0.29) is 5.76 Å². The van der Waals surface area contributed by atoms with Crippen molar-refractivity contribution in [3.63, 3.8) is 0 Å². The first-order chi connectivity index (χ1) is 5.95. The third kappa shape index (κ3) is 2.05. The number of methoxy groups -OCH3 is 1. The van der Waals surface area contributed by atoms with E-state index in [1.54, 1.807) is 0 Å². The fourth-order valence-electron chi connectivity index (χ4n) is 0.728. The molecule has 0 aliphatic heterocycles. The van der Waals surface area contributed by atoms with E-state index in [1.165, 1.54) is 0 Å². The van der Waals surface area contributed by atoms with Crippen LogP contribution in [-0.2, 0) is 10.7 Å². The molecule has 0 saturated carbocycles. The van der Waals surface area contributed by atoms with Gasteiger partial charge >= 0.3 is 11.9 Å². The van der Waals surface area contributed by atoms with E-state index in [2.05, 4.69) is 9.15 Å². The largest absolute Gasteiger partial charge is 0.463 e. The van der Waals surface area contributed by atoms with Crippen molar-refractivity contribution in [3.8, 4) is 0 Å². The smallest absolute Gasteiger partial charge is 0.373 e. The van der Waals surface area contributed by atoms with Crippen LogP contribution in [0.2, 0.25) is 0 Å². The van der Waals surface area contributed by atoms with Gasteiger partial charge in [0.05, 0.1) is 7.11 Å². The number of carbonyl (C=O) groups is 1. The number of ether oxygens (including phenoxy) is 1. The quantitative estimate of drug-likeness (QED) is 0.413. The van der Waals surface area contributed by atoms with Crippen LogP contribution in [0.3, 0.4) is 0 Å². The van der Waals surface area contributed by atoms with Crippen LogP contribution in [0.5, 0.6) is 0 Å². The molecule has 0 aliphatic carbocycles. The fraction of sp³-hybridized carbons (Fsp3) is 0.286. The monoisotopic (exact) mass is 188 g/mol. The normalized spacial score (nSPS) is 11.4. The van der Waals surface area contributed by atoms with Crippen molar-refractivity contribution in [1.82, 2.24) is 0 Å². The Balaban J connectivity index is 2.93. The fourth-order valence-corrected chi connectivity index (χ4v) is 0.728. The number of esters is 1. The molecule has 0 saturated heterocycles. The summed E-state index contributed by atoms with van der Waals surface area (Å²) < 4.78 is 8.86. The summed E-state index contributed by atoms with van der Waals surface area (Å²) in [7, 11) is 1.15. The van der Waals surface area contributed by atoms with Gasteiger partial charge in [-0.3, -0.25) is 0 Å². The summed E-state index contributed by atoms with van der Waals surface area (Å²) >= 11 is 0. The number of carbonyl (C=O) groups excluding carboxylic acids is 1. The van der Waals surface area contributed by atoms with E-state index in [9.17, 15) is 4.79 Å². The summed E-state index contributed by atoms with van der Waals surface area (Å²) in [6.45, 7) is 0. The standard InChI is InChI=1S/C7H8O6/c1-12-6(8)4-2-3-5(13-4)7(9,10)11/h2-3,9-11H,1H3. The van der Waals surface area contributed by atoms with E-state index < -0.39 is 17.7 Å². The van der Waals surface area contributed by atoms with Crippen LogP contribution in [0.15, 0.2) is 16.5 Å². The molecule has 1 aromatic rings. The minimum absolute atomic E-state index is 0.223. The van der Waals surface area contributed by atoms with Crippen molar-refractivity contribution >= 4 is 5.97 Å². The minimum atomic E-state index is -3.08. The summed E-state index contributed by atoms with van der Waals surface area (Å²) in [5.41, 5.74) is 0. The summed E-state index contributed by atoms with van der Waals surface area (Å²) in [6, 6.07) is 2.20. The van der Waals surface area contributed by atoms with E-state index in [0.717, 1.165) is 19.2 Å². The van der Waals surface area contributed by atoms with Gasteiger partial charge in [0.2, 0.25) is 5.76 Å². The van der Waals surface area contributed by atoms with Crippen molar-refractivity contribution in [2.45, 2.75) is 5.97 Å². The highest BCUT2D eigenvalue weighted by molar-refractivity contribution is 5.86. The van der Waals surface area contributed by atoms with Gasteiger partial charge in [0, 0.05) is 0 Å². The summed E-state index contributed by atoms with van der Waals surface area (Å²) in [4.78, 5) is 10.8. The Labute approximate surface area is 73.0 Å². The van der Waals surface area contributed by atoms with Crippen LogP contribution in [0, 0.1) is 0 Å². The molecule has 0 radical (unpaired) electrons. The SMILES string of the molecule is COC(=O)c1ccc(C(O)(O)O)o1. The first-order valence-corrected chi connectivity index (χ1v) is 3.31. The maximum absolute atomic E-state index is 10.8. The molecule has 0 bridgehead atoms. The Hall–Kier alpha value is -1.37. The molecule has 0 aliphatic rings. The molecular formula is C7H8O6. The zero-order valence-electron chi connectivity index (χ0n) is 6.72. The molecule has 0 unspecified atom stereocenters. The Morgan fingerprint density at radius 2 is 2.08 bits per heavy atom. The molecule has 0 amide bonds. The number of hydrogen-bond donors (Lipinski definition) is 3. The van der Waals surface area contributed by atoms with Crippen molar-refractivity contribution in [2.24, 2.45) is 0 Å². The predicted octanol–water partition coefficient (Wildman–Crippen LogP) is -0.847. The predicted molar refractivity (Wildman–Crippen MR) is 38.4 cm³/mol. The minimum Gasteiger partial charge on any atom is -0.463 e. The average Bonchev–Trinajstić information content (AvgIpc) is 2.50. The van der Waals surface area contributed by atoms with Crippen LogP contribution >= 0.6 is 0 Å².